The van der Waals surface area contributed by atoms with Gasteiger partial charge in [-0.3, -0.25) is 14.4 Å². The molecule has 6 nitrogen and oxygen atoms in total. The van der Waals surface area contributed by atoms with Crippen molar-refractivity contribution in [3.05, 3.63) is 29.8 Å². The fourth-order valence-electron chi connectivity index (χ4n) is 1.28. The van der Waals surface area contributed by atoms with Crippen LogP contribution in [-0.2, 0) is 25.5 Å². The van der Waals surface area contributed by atoms with Gasteiger partial charge in [-0.15, -0.1) is 0 Å². The molecule has 0 aliphatic carbocycles. The van der Waals surface area contributed by atoms with E-state index in [0.29, 0.717) is 11.3 Å². The third-order valence-corrected chi connectivity index (χ3v) is 2.02. The van der Waals surface area contributed by atoms with Crippen molar-refractivity contribution < 1.29 is 19.1 Å². The summed E-state index contributed by atoms with van der Waals surface area (Å²) < 4.78 is 4.43. The first kappa shape index (κ1) is 13.9. The highest BCUT2D eigenvalue weighted by atomic mass is 16.6. The largest absolute Gasteiger partial charge is 0.392 e. The first-order chi connectivity index (χ1) is 8.51. The molecule has 0 aliphatic heterocycles. The number of nitrogens with one attached hydrogen (secondary N) is 1. The summed E-state index contributed by atoms with van der Waals surface area (Å²) in [5, 5.41) is 2.60. The number of carbonyl (C=O) groups is 3. The maximum Gasteiger partial charge on any atom is 0.327 e. The van der Waals surface area contributed by atoms with Gasteiger partial charge in [-0.1, -0.05) is 12.1 Å². The molecule has 1 rings (SSSR count). The predicted octanol–water partition coefficient (Wildman–Crippen LogP) is 0.216. The molecule has 18 heavy (non-hydrogen) atoms. The zero-order valence-electron chi connectivity index (χ0n) is 9.93. The Balaban J connectivity index is 2.55. The van der Waals surface area contributed by atoms with Crippen LogP contribution in [0.3, 0.4) is 0 Å². The van der Waals surface area contributed by atoms with Crippen molar-refractivity contribution in [2.24, 2.45) is 5.73 Å². The summed E-state index contributed by atoms with van der Waals surface area (Å²) in [6, 6.07) is 6.66. The van der Waals surface area contributed by atoms with Gasteiger partial charge < -0.3 is 15.8 Å². The van der Waals surface area contributed by atoms with Crippen molar-refractivity contribution in [3.63, 3.8) is 0 Å². The third kappa shape index (κ3) is 4.75. The Labute approximate surface area is 104 Å². The Morgan fingerprint density at radius 3 is 2.28 bits per heavy atom. The summed E-state index contributed by atoms with van der Waals surface area (Å²) in [5.41, 5.74) is 6.33. The molecule has 0 aromatic heterocycles. The number of hydrogen-bond donors (Lipinski definition) is 2. The molecule has 0 heterocycles. The highest BCUT2D eigenvalue weighted by molar-refractivity contribution is 5.89. The second-order valence-corrected chi connectivity index (χ2v) is 3.61. The van der Waals surface area contributed by atoms with E-state index in [2.05, 4.69) is 10.1 Å². The number of esters is 2. The van der Waals surface area contributed by atoms with Gasteiger partial charge in [0, 0.05) is 12.6 Å². The quantitative estimate of drug-likeness (QED) is 0.588. The highest BCUT2D eigenvalue weighted by Gasteiger charge is 2.09. The van der Waals surface area contributed by atoms with Crippen LogP contribution in [0.15, 0.2) is 24.3 Å². The molecule has 0 saturated heterocycles. The maximum atomic E-state index is 11.3. The number of hydrogen-bond acceptors (Lipinski definition) is 5. The SMILES string of the molecule is CC(=O)Nc1ccc(CC(=O)OC(=O)CN)cc1. The van der Waals surface area contributed by atoms with Crippen LogP contribution in [0, 0.1) is 0 Å². The van der Waals surface area contributed by atoms with Crippen molar-refractivity contribution in [1.29, 1.82) is 0 Å². The number of rotatable bonds is 4. The summed E-state index contributed by atoms with van der Waals surface area (Å²) in [6.07, 6.45) is -0.0217. The minimum atomic E-state index is -0.755. The average molecular weight is 250 g/mol. The van der Waals surface area contributed by atoms with Gasteiger partial charge in [-0.2, -0.15) is 0 Å². The van der Waals surface area contributed by atoms with Crippen LogP contribution >= 0.6 is 0 Å². The number of carbonyl (C=O) groups excluding carboxylic acids is 3. The van der Waals surface area contributed by atoms with Crippen molar-refractivity contribution in [1.82, 2.24) is 0 Å². The van der Waals surface area contributed by atoms with E-state index in [1.807, 2.05) is 0 Å². The lowest BCUT2D eigenvalue weighted by atomic mass is 10.1. The van der Waals surface area contributed by atoms with E-state index in [9.17, 15) is 14.4 Å². The van der Waals surface area contributed by atoms with Crippen LogP contribution in [0.4, 0.5) is 5.69 Å². The number of nitrogens with two attached hydrogens (primary N) is 1. The van der Waals surface area contributed by atoms with Crippen LogP contribution < -0.4 is 11.1 Å². The molecular formula is C12H14N2O4. The van der Waals surface area contributed by atoms with Gasteiger partial charge in [0.25, 0.3) is 0 Å². The summed E-state index contributed by atoms with van der Waals surface area (Å²) in [5.74, 6) is -1.58. The monoisotopic (exact) mass is 250 g/mol. The molecular weight excluding hydrogens is 236 g/mol. The van der Waals surface area contributed by atoms with E-state index in [4.69, 9.17) is 5.73 Å². The van der Waals surface area contributed by atoms with Crippen molar-refractivity contribution in [2.45, 2.75) is 13.3 Å². The summed E-state index contributed by atoms with van der Waals surface area (Å²) in [4.78, 5) is 32.8. The minimum absolute atomic E-state index is 0.0217. The molecule has 6 heteroatoms. The van der Waals surface area contributed by atoms with Crippen LogP contribution in [0.25, 0.3) is 0 Å². The summed E-state index contributed by atoms with van der Waals surface area (Å²) in [7, 11) is 0. The summed E-state index contributed by atoms with van der Waals surface area (Å²) in [6.45, 7) is 1.08. The van der Waals surface area contributed by atoms with E-state index >= 15 is 0 Å². The van der Waals surface area contributed by atoms with Crippen LogP contribution in [-0.4, -0.2) is 24.4 Å². The molecule has 96 valence electrons. The van der Waals surface area contributed by atoms with Crippen molar-refractivity contribution in [2.75, 3.05) is 11.9 Å². The highest BCUT2D eigenvalue weighted by Crippen LogP contribution is 2.10. The molecule has 1 aromatic carbocycles. The fourth-order valence-corrected chi connectivity index (χ4v) is 1.28. The first-order valence-corrected chi connectivity index (χ1v) is 5.31. The molecule has 0 bridgehead atoms. The molecule has 0 spiro atoms. The van der Waals surface area contributed by atoms with Gasteiger partial charge in [-0.25, -0.2) is 0 Å². The second kappa shape index (κ2) is 6.51. The fraction of sp³-hybridized carbons (Fsp3) is 0.250. The topological polar surface area (TPSA) is 98.5 Å². The Hall–Kier alpha value is -2.21. The van der Waals surface area contributed by atoms with E-state index < -0.39 is 11.9 Å². The Bertz CT molecular complexity index is 454. The van der Waals surface area contributed by atoms with Crippen LogP contribution in [0.5, 0.6) is 0 Å². The molecule has 0 aliphatic rings. The molecule has 1 aromatic rings. The van der Waals surface area contributed by atoms with Crippen LogP contribution in [0.1, 0.15) is 12.5 Å². The lowest BCUT2D eigenvalue weighted by molar-refractivity contribution is -0.158. The first-order valence-electron chi connectivity index (χ1n) is 5.31. The lowest BCUT2D eigenvalue weighted by Crippen LogP contribution is -2.21. The molecule has 0 unspecified atom stereocenters. The second-order valence-electron chi connectivity index (χ2n) is 3.61. The molecule has 0 atom stereocenters. The van der Waals surface area contributed by atoms with E-state index in [1.54, 1.807) is 24.3 Å². The maximum absolute atomic E-state index is 11.3. The number of amides is 1. The third-order valence-electron chi connectivity index (χ3n) is 2.02. The van der Waals surface area contributed by atoms with E-state index in [0.717, 1.165) is 0 Å². The van der Waals surface area contributed by atoms with Gasteiger partial charge in [0.05, 0.1) is 13.0 Å². The predicted molar refractivity (Wildman–Crippen MR) is 64.6 cm³/mol. The molecule has 1 amide bonds. The van der Waals surface area contributed by atoms with Gasteiger partial charge in [-0.05, 0) is 17.7 Å². The van der Waals surface area contributed by atoms with E-state index in [1.165, 1.54) is 6.92 Å². The average Bonchev–Trinajstić information content (AvgIpc) is 2.30. The van der Waals surface area contributed by atoms with Crippen LogP contribution in [0.2, 0.25) is 0 Å². The summed E-state index contributed by atoms with van der Waals surface area (Å²) >= 11 is 0. The van der Waals surface area contributed by atoms with Gasteiger partial charge in [0.15, 0.2) is 0 Å². The molecule has 0 radical (unpaired) electrons. The number of ether oxygens (including phenoxy) is 1. The molecule has 3 N–H and O–H groups in total. The zero-order chi connectivity index (χ0) is 13.5. The van der Waals surface area contributed by atoms with E-state index in [-0.39, 0.29) is 18.9 Å². The molecule has 0 saturated carbocycles. The van der Waals surface area contributed by atoms with Gasteiger partial charge >= 0.3 is 11.9 Å². The number of benzene rings is 1. The van der Waals surface area contributed by atoms with Gasteiger partial charge in [0.1, 0.15) is 0 Å². The lowest BCUT2D eigenvalue weighted by Gasteiger charge is -2.04. The normalized spacial score (nSPS) is 9.67. The minimum Gasteiger partial charge on any atom is -0.392 e. The number of anilines is 1. The Morgan fingerprint density at radius 2 is 1.78 bits per heavy atom. The zero-order valence-corrected chi connectivity index (χ0v) is 9.93. The molecule has 0 fully saturated rings. The Morgan fingerprint density at radius 1 is 1.17 bits per heavy atom. The smallest absolute Gasteiger partial charge is 0.327 e. The van der Waals surface area contributed by atoms with Crippen molar-refractivity contribution >= 4 is 23.5 Å². The standard InChI is InChI=1S/C12H14N2O4/c1-8(15)14-10-4-2-9(3-5-10)6-11(16)18-12(17)7-13/h2-5H,6-7,13H2,1H3,(H,14,15). The van der Waals surface area contributed by atoms with Crippen molar-refractivity contribution in [3.8, 4) is 0 Å². The Kier molecular flexibility index (Phi) is 5.01. The van der Waals surface area contributed by atoms with Gasteiger partial charge in [0.2, 0.25) is 5.91 Å².